The molecule has 1 atom stereocenters. The standard InChI is InChI=1S/C14H13N3O2/c1-19-14-12(15-6-7-16-14)13(18)11-8-9-4-2-3-5-10(9)17-11/h2-7,11,17H,8H2,1H3. The van der Waals surface area contributed by atoms with Crippen LogP contribution in [0.3, 0.4) is 0 Å². The zero-order valence-electron chi connectivity index (χ0n) is 10.5. The van der Waals surface area contributed by atoms with Crippen LogP contribution in [0.15, 0.2) is 36.7 Å². The molecule has 1 aliphatic rings. The van der Waals surface area contributed by atoms with Crippen molar-refractivity contribution < 1.29 is 9.53 Å². The second-order valence-electron chi connectivity index (χ2n) is 4.34. The Morgan fingerprint density at radius 2 is 2.11 bits per heavy atom. The number of rotatable bonds is 3. The molecule has 1 unspecified atom stereocenters. The van der Waals surface area contributed by atoms with Crippen molar-refractivity contribution in [3.63, 3.8) is 0 Å². The number of nitrogens with one attached hydrogen (secondary N) is 1. The molecule has 19 heavy (non-hydrogen) atoms. The molecule has 0 amide bonds. The highest BCUT2D eigenvalue weighted by molar-refractivity contribution is 6.02. The first kappa shape index (κ1) is 11.6. The molecular formula is C14H13N3O2. The van der Waals surface area contributed by atoms with Crippen LogP contribution < -0.4 is 10.1 Å². The van der Waals surface area contributed by atoms with E-state index in [1.54, 1.807) is 0 Å². The van der Waals surface area contributed by atoms with E-state index < -0.39 is 0 Å². The topological polar surface area (TPSA) is 64.1 Å². The third kappa shape index (κ3) is 2.03. The Morgan fingerprint density at radius 1 is 1.32 bits per heavy atom. The van der Waals surface area contributed by atoms with Crippen LogP contribution in [-0.4, -0.2) is 28.9 Å². The molecule has 0 radical (unpaired) electrons. The summed E-state index contributed by atoms with van der Waals surface area (Å²) in [6, 6.07) is 7.60. The summed E-state index contributed by atoms with van der Waals surface area (Å²) in [6.45, 7) is 0. The summed E-state index contributed by atoms with van der Waals surface area (Å²) in [5.74, 6) is 0.173. The SMILES string of the molecule is COc1nccnc1C(=O)C1Cc2ccccc2N1. The molecule has 96 valence electrons. The Kier molecular flexibility index (Phi) is 2.87. The average molecular weight is 255 g/mol. The lowest BCUT2D eigenvalue weighted by Gasteiger charge is -2.11. The van der Waals surface area contributed by atoms with Gasteiger partial charge in [0.05, 0.1) is 13.2 Å². The number of benzene rings is 1. The molecule has 3 rings (SSSR count). The highest BCUT2D eigenvalue weighted by atomic mass is 16.5. The Bertz CT molecular complexity index is 603. The number of Topliss-reactive ketones (excluding diaryl/α,β-unsaturated/α-hetero) is 1. The second-order valence-corrected chi connectivity index (χ2v) is 4.34. The van der Waals surface area contributed by atoms with Crippen molar-refractivity contribution in [2.45, 2.75) is 12.5 Å². The van der Waals surface area contributed by atoms with E-state index in [0.29, 0.717) is 6.42 Å². The zero-order valence-corrected chi connectivity index (χ0v) is 10.5. The number of anilines is 1. The average Bonchev–Trinajstić information content (AvgIpc) is 2.90. The predicted octanol–water partition coefficient (Wildman–Crippen LogP) is 1.70. The quantitative estimate of drug-likeness (QED) is 0.846. The molecule has 1 N–H and O–H groups in total. The molecule has 1 aromatic carbocycles. The molecule has 5 nitrogen and oxygen atoms in total. The van der Waals surface area contributed by atoms with E-state index in [9.17, 15) is 4.79 Å². The number of hydrogen-bond acceptors (Lipinski definition) is 5. The highest BCUT2D eigenvalue weighted by Crippen LogP contribution is 2.27. The van der Waals surface area contributed by atoms with E-state index in [4.69, 9.17) is 4.74 Å². The number of ketones is 1. The smallest absolute Gasteiger partial charge is 0.243 e. The van der Waals surface area contributed by atoms with Gasteiger partial charge in [-0.25, -0.2) is 9.97 Å². The van der Waals surface area contributed by atoms with Crippen molar-refractivity contribution in [2.75, 3.05) is 12.4 Å². The van der Waals surface area contributed by atoms with Gasteiger partial charge in [0.2, 0.25) is 11.7 Å². The zero-order chi connectivity index (χ0) is 13.2. The molecule has 0 saturated heterocycles. The van der Waals surface area contributed by atoms with Crippen LogP contribution in [0.4, 0.5) is 5.69 Å². The molecule has 1 aromatic heterocycles. The number of hydrogen-bond donors (Lipinski definition) is 1. The first-order valence-corrected chi connectivity index (χ1v) is 6.03. The molecule has 0 spiro atoms. The molecule has 1 aliphatic heterocycles. The Hall–Kier alpha value is -2.43. The maximum atomic E-state index is 12.5. The number of aromatic nitrogens is 2. The van der Waals surface area contributed by atoms with Gasteiger partial charge in [-0.3, -0.25) is 4.79 Å². The Labute approximate surface area is 110 Å². The first-order chi connectivity index (χ1) is 9.29. The van der Waals surface area contributed by atoms with Gasteiger partial charge in [0.15, 0.2) is 5.69 Å². The molecule has 5 heteroatoms. The summed E-state index contributed by atoms with van der Waals surface area (Å²) in [6.07, 6.45) is 3.67. The van der Waals surface area contributed by atoms with Crippen molar-refractivity contribution in [1.29, 1.82) is 0 Å². The van der Waals surface area contributed by atoms with Crippen LogP contribution in [0.2, 0.25) is 0 Å². The fraction of sp³-hybridized carbons (Fsp3) is 0.214. The minimum atomic E-state index is -0.303. The van der Waals surface area contributed by atoms with Gasteiger partial charge in [0.1, 0.15) is 0 Å². The fourth-order valence-corrected chi connectivity index (χ4v) is 2.26. The number of ether oxygens (including phenoxy) is 1. The Morgan fingerprint density at radius 3 is 2.89 bits per heavy atom. The molecule has 0 aliphatic carbocycles. The van der Waals surface area contributed by atoms with Crippen molar-refractivity contribution in [3.8, 4) is 5.88 Å². The number of fused-ring (bicyclic) bond motifs is 1. The van der Waals surface area contributed by atoms with Gasteiger partial charge in [-0.1, -0.05) is 18.2 Å². The highest BCUT2D eigenvalue weighted by Gasteiger charge is 2.30. The van der Waals surface area contributed by atoms with Gasteiger partial charge in [-0.2, -0.15) is 0 Å². The van der Waals surface area contributed by atoms with Gasteiger partial charge >= 0.3 is 0 Å². The van der Waals surface area contributed by atoms with Crippen LogP contribution in [0, 0.1) is 0 Å². The summed E-state index contributed by atoms with van der Waals surface area (Å²) >= 11 is 0. The summed E-state index contributed by atoms with van der Waals surface area (Å²) in [5.41, 5.74) is 2.42. The van der Waals surface area contributed by atoms with Crippen LogP contribution in [0.5, 0.6) is 5.88 Å². The van der Waals surface area contributed by atoms with E-state index in [-0.39, 0.29) is 23.4 Å². The lowest BCUT2D eigenvalue weighted by atomic mass is 10.1. The Balaban J connectivity index is 1.87. The van der Waals surface area contributed by atoms with E-state index in [2.05, 4.69) is 15.3 Å². The fourth-order valence-electron chi connectivity index (χ4n) is 2.26. The van der Waals surface area contributed by atoms with Crippen LogP contribution in [0.1, 0.15) is 16.1 Å². The van der Waals surface area contributed by atoms with E-state index in [1.165, 1.54) is 19.5 Å². The molecule has 2 aromatic rings. The minimum absolute atomic E-state index is 0.0962. The van der Waals surface area contributed by atoms with Gasteiger partial charge in [-0.05, 0) is 11.6 Å². The van der Waals surface area contributed by atoms with Gasteiger partial charge in [0, 0.05) is 24.5 Å². The van der Waals surface area contributed by atoms with E-state index in [1.807, 2.05) is 24.3 Å². The summed E-state index contributed by atoms with van der Waals surface area (Å²) in [7, 11) is 1.48. The molecule has 0 saturated carbocycles. The van der Waals surface area contributed by atoms with Gasteiger partial charge in [0.25, 0.3) is 0 Å². The molecule has 0 fully saturated rings. The maximum Gasteiger partial charge on any atom is 0.243 e. The molecular weight excluding hydrogens is 242 g/mol. The van der Waals surface area contributed by atoms with Crippen molar-refractivity contribution in [2.24, 2.45) is 0 Å². The summed E-state index contributed by atoms with van der Waals surface area (Å²) in [4.78, 5) is 20.5. The lowest BCUT2D eigenvalue weighted by Crippen LogP contribution is -2.28. The number of methoxy groups -OCH3 is 1. The first-order valence-electron chi connectivity index (χ1n) is 6.03. The maximum absolute atomic E-state index is 12.5. The third-order valence-corrected chi connectivity index (χ3v) is 3.18. The monoisotopic (exact) mass is 255 g/mol. The summed E-state index contributed by atoms with van der Waals surface area (Å²) in [5, 5.41) is 3.21. The normalized spacial score (nSPS) is 16.6. The van der Waals surface area contributed by atoms with Gasteiger partial charge < -0.3 is 10.1 Å². The number of carbonyl (C=O) groups excluding carboxylic acids is 1. The molecule has 0 bridgehead atoms. The second kappa shape index (κ2) is 4.68. The number of carbonyl (C=O) groups is 1. The van der Waals surface area contributed by atoms with E-state index in [0.717, 1.165) is 11.3 Å². The number of para-hydroxylation sites is 1. The van der Waals surface area contributed by atoms with Crippen LogP contribution in [0.25, 0.3) is 0 Å². The summed E-state index contributed by atoms with van der Waals surface area (Å²) < 4.78 is 5.08. The van der Waals surface area contributed by atoms with Gasteiger partial charge in [-0.15, -0.1) is 0 Å². The largest absolute Gasteiger partial charge is 0.479 e. The van der Waals surface area contributed by atoms with Crippen molar-refractivity contribution >= 4 is 11.5 Å². The molecule has 2 heterocycles. The van der Waals surface area contributed by atoms with Crippen LogP contribution in [-0.2, 0) is 6.42 Å². The van der Waals surface area contributed by atoms with Crippen LogP contribution >= 0.6 is 0 Å². The van der Waals surface area contributed by atoms with Crippen molar-refractivity contribution in [3.05, 3.63) is 47.9 Å². The lowest BCUT2D eigenvalue weighted by molar-refractivity contribution is 0.0962. The van der Waals surface area contributed by atoms with E-state index >= 15 is 0 Å². The minimum Gasteiger partial charge on any atom is -0.479 e. The predicted molar refractivity (Wildman–Crippen MR) is 70.5 cm³/mol. The third-order valence-electron chi connectivity index (χ3n) is 3.18. The number of nitrogens with zero attached hydrogens (tertiary/aromatic N) is 2. The van der Waals surface area contributed by atoms with Crippen molar-refractivity contribution in [1.82, 2.24) is 9.97 Å².